The third kappa shape index (κ3) is 5.28. The Bertz CT molecular complexity index is 1120. The molecule has 0 atom stereocenters. The molecule has 5 nitrogen and oxygen atoms in total. The van der Waals surface area contributed by atoms with E-state index < -0.39 is 0 Å². The number of anilines is 1. The van der Waals surface area contributed by atoms with E-state index in [4.69, 9.17) is 10.00 Å². The fraction of sp³-hybridized carbons (Fsp3) is 0.259. The van der Waals surface area contributed by atoms with Gasteiger partial charge in [0.25, 0.3) is 5.91 Å². The summed E-state index contributed by atoms with van der Waals surface area (Å²) in [4.78, 5) is 17.4. The molecule has 0 aliphatic carbocycles. The first-order valence-corrected chi connectivity index (χ1v) is 11.0. The second kappa shape index (κ2) is 10.0. The summed E-state index contributed by atoms with van der Waals surface area (Å²) in [5.74, 6) is 0.735. The molecule has 162 valence electrons. The molecule has 1 amide bonds. The molecule has 4 rings (SSSR count). The monoisotopic (exact) mass is 425 g/mol. The van der Waals surface area contributed by atoms with Crippen molar-refractivity contribution in [1.29, 1.82) is 5.26 Å². The Hall–Kier alpha value is -3.78. The number of nitriles is 1. The van der Waals surface area contributed by atoms with Gasteiger partial charge in [-0.25, -0.2) is 0 Å². The van der Waals surface area contributed by atoms with Crippen molar-refractivity contribution in [2.24, 2.45) is 0 Å². The van der Waals surface area contributed by atoms with Crippen molar-refractivity contribution in [3.8, 4) is 11.8 Å². The van der Waals surface area contributed by atoms with Crippen molar-refractivity contribution in [2.75, 3.05) is 31.1 Å². The highest BCUT2D eigenvalue weighted by atomic mass is 16.5. The van der Waals surface area contributed by atoms with Gasteiger partial charge < -0.3 is 14.5 Å². The van der Waals surface area contributed by atoms with Crippen molar-refractivity contribution in [3.63, 3.8) is 0 Å². The van der Waals surface area contributed by atoms with Crippen LogP contribution in [-0.2, 0) is 6.61 Å². The van der Waals surface area contributed by atoms with E-state index in [1.165, 1.54) is 5.56 Å². The SMILES string of the molecule is Cc1cccc(COc2cccc(C(=O)N3CCCN(c4ccc(C#N)cc4)CC3)c2)c1. The zero-order valence-electron chi connectivity index (χ0n) is 18.3. The summed E-state index contributed by atoms with van der Waals surface area (Å²) in [7, 11) is 0. The predicted octanol–water partition coefficient (Wildman–Crippen LogP) is 4.80. The number of nitrogens with zero attached hydrogens (tertiary/aromatic N) is 3. The van der Waals surface area contributed by atoms with Crippen molar-refractivity contribution in [2.45, 2.75) is 20.0 Å². The van der Waals surface area contributed by atoms with Crippen molar-refractivity contribution >= 4 is 11.6 Å². The van der Waals surface area contributed by atoms with Crippen LogP contribution in [0.1, 0.15) is 33.5 Å². The lowest BCUT2D eigenvalue weighted by atomic mass is 10.1. The van der Waals surface area contributed by atoms with Gasteiger partial charge in [0.05, 0.1) is 11.6 Å². The molecule has 1 heterocycles. The van der Waals surface area contributed by atoms with Crippen molar-refractivity contribution < 1.29 is 9.53 Å². The van der Waals surface area contributed by atoms with E-state index in [2.05, 4.69) is 30.0 Å². The van der Waals surface area contributed by atoms with Gasteiger partial charge in [0.1, 0.15) is 12.4 Å². The predicted molar refractivity (Wildman–Crippen MR) is 126 cm³/mol. The van der Waals surface area contributed by atoms with Gasteiger partial charge in [-0.05, 0) is 61.4 Å². The van der Waals surface area contributed by atoms with E-state index in [0.717, 1.165) is 37.3 Å². The normalized spacial score (nSPS) is 13.9. The summed E-state index contributed by atoms with van der Waals surface area (Å²) >= 11 is 0. The van der Waals surface area contributed by atoms with E-state index in [9.17, 15) is 4.79 Å². The van der Waals surface area contributed by atoms with Crippen molar-refractivity contribution in [3.05, 3.63) is 95.1 Å². The van der Waals surface area contributed by atoms with E-state index in [0.29, 0.717) is 30.0 Å². The first kappa shape index (κ1) is 21.5. The fourth-order valence-corrected chi connectivity index (χ4v) is 4.00. The van der Waals surface area contributed by atoms with E-state index >= 15 is 0 Å². The van der Waals surface area contributed by atoms with Gasteiger partial charge >= 0.3 is 0 Å². The summed E-state index contributed by atoms with van der Waals surface area (Å²) in [6, 6.07) is 25.5. The molecule has 5 heteroatoms. The molecule has 0 radical (unpaired) electrons. The van der Waals surface area contributed by atoms with Gasteiger partial charge in [0, 0.05) is 37.4 Å². The van der Waals surface area contributed by atoms with Gasteiger partial charge in [-0.3, -0.25) is 4.79 Å². The molecule has 0 spiro atoms. The van der Waals surface area contributed by atoms with E-state index in [-0.39, 0.29) is 5.91 Å². The maximum Gasteiger partial charge on any atom is 0.254 e. The minimum Gasteiger partial charge on any atom is -0.489 e. The number of ether oxygens (including phenoxy) is 1. The third-order valence-corrected chi connectivity index (χ3v) is 5.71. The number of carbonyl (C=O) groups excluding carboxylic acids is 1. The first-order chi connectivity index (χ1) is 15.6. The average Bonchev–Trinajstić information content (AvgIpc) is 3.09. The molecular weight excluding hydrogens is 398 g/mol. The molecule has 32 heavy (non-hydrogen) atoms. The van der Waals surface area contributed by atoms with Crippen LogP contribution >= 0.6 is 0 Å². The van der Waals surface area contributed by atoms with E-state index in [1.54, 1.807) is 0 Å². The second-order valence-corrected chi connectivity index (χ2v) is 8.10. The summed E-state index contributed by atoms with van der Waals surface area (Å²) < 4.78 is 5.94. The molecule has 0 unspecified atom stereocenters. The fourth-order valence-electron chi connectivity index (χ4n) is 4.00. The van der Waals surface area contributed by atoms with Crippen LogP contribution in [0.3, 0.4) is 0 Å². The third-order valence-electron chi connectivity index (χ3n) is 5.71. The molecule has 0 saturated carbocycles. The van der Waals surface area contributed by atoms with Crippen LogP contribution < -0.4 is 9.64 Å². The molecule has 0 bridgehead atoms. The van der Waals surface area contributed by atoms with Gasteiger partial charge in [-0.2, -0.15) is 5.26 Å². The van der Waals surface area contributed by atoms with Gasteiger partial charge in [0.15, 0.2) is 0 Å². The molecule has 0 N–H and O–H groups in total. The summed E-state index contributed by atoms with van der Waals surface area (Å²) in [6.07, 6.45) is 0.898. The number of rotatable bonds is 5. The summed E-state index contributed by atoms with van der Waals surface area (Å²) in [5.41, 5.74) is 4.71. The molecule has 1 saturated heterocycles. The number of benzene rings is 3. The number of hydrogen-bond donors (Lipinski definition) is 0. The van der Waals surface area contributed by atoms with Gasteiger partial charge in [-0.1, -0.05) is 35.9 Å². The molecule has 3 aromatic rings. The highest BCUT2D eigenvalue weighted by molar-refractivity contribution is 5.94. The maximum absolute atomic E-state index is 13.2. The highest BCUT2D eigenvalue weighted by Crippen LogP contribution is 2.20. The molecule has 1 fully saturated rings. The highest BCUT2D eigenvalue weighted by Gasteiger charge is 2.21. The Kier molecular flexibility index (Phi) is 6.72. The van der Waals surface area contributed by atoms with Crippen LogP contribution in [0, 0.1) is 18.3 Å². The van der Waals surface area contributed by atoms with Gasteiger partial charge in [-0.15, -0.1) is 0 Å². The maximum atomic E-state index is 13.2. The lowest BCUT2D eigenvalue weighted by Gasteiger charge is -2.24. The van der Waals surface area contributed by atoms with E-state index in [1.807, 2.05) is 65.6 Å². The molecular formula is C27H27N3O2. The Morgan fingerprint density at radius 3 is 2.56 bits per heavy atom. The molecule has 1 aliphatic heterocycles. The summed E-state index contributed by atoms with van der Waals surface area (Å²) in [6.45, 7) is 5.57. The average molecular weight is 426 g/mol. The lowest BCUT2D eigenvalue weighted by Crippen LogP contribution is -2.35. The first-order valence-electron chi connectivity index (χ1n) is 11.0. The number of carbonyl (C=O) groups is 1. The number of aryl methyl sites for hydroxylation is 1. The Morgan fingerprint density at radius 2 is 1.78 bits per heavy atom. The van der Waals surface area contributed by atoms with Crippen LogP contribution in [-0.4, -0.2) is 37.0 Å². The zero-order chi connectivity index (χ0) is 22.3. The number of hydrogen-bond acceptors (Lipinski definition) is 4. The minimum absolute atomic E-state index is 0.0349. The van der Waals surface area contributed by atoms with Crippen LogP contribution in [0.25, 0.3) is 0 Å². The lowest BCUT2D eigenvalue weighted by molar-refractivity contribution is 0.0766. The topological polar surface area (TPSA) is 56.6 Å². The van der Waals surface area contributed by atoms with Crippen LogP contribution in [0.4, 0.5) is 5.69 Å². The van der Waals surface area contributed by atoms with Crippen LogP contribution in [0.2, 0.25) is 0 Å². The van der Waals surface area contributed by atoms with Crippen LogP contribution in [0.5, 0.6) is 5.75 Å². The Morgan fingerprint density at radius 1 is 0.969 bits per heavy atom. The second-order valence-electron chi connectivity index (χ2n) is 8.10. The Labute approximate surface area is 189 Å². The Balaban J connectivity index is 1.38. The quantitative estimate of drug-likeness (QED) is 0.589. The smallest absolute Gasteiger partial charge is 0.254 e. The standard InChI is InChI=1S/C27H27N3O2/c1-21-5-2-6-23(17-21)20-32-26-8-3-7-24(18-26)27(31)30-14-4-13-29(15-16-30)25-11-9-22(19-28)10-12-25/h2-3,5-12,17-18H,4,13-16,20H2,1H3. The van der Waals surface area contributed by atoms with Crippen LogP contribution in [0.15, 0.2) is 72.8 Å². The van der Waals surface area contributed by atoms with Crippen molar-refractivity contribution in [1.82, 2.24) is 4.90 Å². The molecule has 0 aromatic heterocycles. The largest absolute Gasteiger partial charge is 0.489 e. The zero-order valence-corrected chi connectivity index (χ0v) is 18.3. The molecule has 3 aromatic carbocycles. The number of amides is 1. The molecule has 1 aliphatic rings. The minimum atomic E-state index is 0.0349. The van der Waals surface area contributed by atoms with Gasteiger partial charge in [0.2, 0.25) is 0 Å². The summed E-state index contributed by atoms with van der Waals surface area (Å²) in [5, 5.41) is 8.99.